The lowest BCUT2D eigenvalue weighted by atomic mass is 10.2. The van der Waals surface area contributed by atoms with E-state index in [2.05, 4.69) is 54.2 Å². The van der Waals surface area contributed by atoms with Gasteiger partial charge in [-0.25, -0.2) is 14.9 Å². The molecule has 1 saturated heterocycles. The van der Waals surface area contributed by atoms with Crippen molar-refractivity contribution in [3.8, 4) is 0 Å². The number of rotatable bonds is 4. The number of amides is 1. The van der Waals surface area contributed by atoms with Crippen LogP contribution in [0.25, 0.3) is 0 Å². The second-order valence-corrected chi connectivity index (χ2v) is 8.55. The van der Waals surface area contributed by atoms with E-state index in [1.807, 2.05) is 29.2 Å². The summed E-state index contributed by atoms with van der Waals surface area (Å²) >= 11 is 0. The van der Waals surface area contributed by atoms with Crippen LogP contribution in [-0.2, 0) is 0 Å². The van der Waals surface area contributed by atoms with Crippen molar-refractivity contribution in [3.05, 3.63) is 60.4 Å². The Morgan fingerprint density at radius 2 is 1.76 bits per heavy atom. The molecule has 5 heterocycles. The van der Waals surface area contributed by atoms with Crippen molar-refractivity contribution in [2.24, 2.45) is 4.99 Å². The number of aromatic nitrogens is 3. The normalized spacial score (nSPS) is 18.0. The Morgan fingerprint density at radius 3 is 2.53 bits per heavy atom. The number of hydrogen-bond acceptors (Lipinski definition) is 9. The van der Waals surface area contributed by atoms with Gasteiger partial charge in [-0.15, -0.1) is 0 Å². The zero-order chi connectivity index (χ0) is 23.1. The smallest absolute Gasteiger partial charge is 0.271 e. The summed E-state index contributed by atoms with van der Waals surface area (Å²) in [5.74, 6) is 1.87. The topological polar surface area (TPSA) is 93.1 Å². The van der Waals surface area contributed by atoms with Crippen LogP contribution in [0.15, 0.2) is 59.9 Å². The first-order chi connectivity index (χ1) is 16.7. The number of benzene rings is 1. The molecule has 1 fully saturated rings. The second kappa shape index (κ2) is 8.38. The maximum atomic E-state index is 13.3. The minimum Gasteiger partial charge on any atom is -0.369 e. The van der Waals surface area contributed by atoms with Crippen molar-refractivity contribution in [1.29, 1.82) is 0 Å². The highest BCUT2D eigenvalue weighted by molar-refractivity contribution is 6.31. The lowest BCUT2D eigenvalue weighted by Gasteiger charge is -2.34. The average molecular weight is 456 g/mol. The summed E-state index contributed by atoms with van der Waals surface area (Å²) in [6.45, 7) is 5.43. The predicted octanol–water partition coefficient (Wildman–Crippen LogP) is 2.20. The highest BCUT2D eigenvalue weighted by Crippen LogP contribution is 2.32. The molecule has 0 saturated carbocycles. The van der Waals surface area contributed by atoms with Gasteiger partial charge in [0.2, 0.25) is 11.9 Å². The molecule has 0 bridgehead atoms. The molecule has 3 aliphatic heterocycles. The third-order valence-corrected chi connectivity index (χ3v) is 6.35. The number of carbonyl (C=O) groups excluding carboxylic acids is 1. The van der Waals surface area contributed by atoms with Gasteiger partial charge in [-0.1, -0.05) is 6.07 Å². The average Bonchev–Trinajstić information content (AvgIpc) is 3.36. The van der Waals surface area contributed by atoms with E-state index in [1.165, 1.54) is 10.6 Å². The molecule has 1 amide bonds. The fourth-order valence-corrected chi connectivity index (χ4v) is 4.47. The van der Waals surface area contributed by atoms with Gasteiger partial charge in [0.05, 0.1) is 6.54 Å². The number of pyridine rings is 1. The molecule has 3 aliphatic rings. The molecule has 0 spiro atoms. The van der Waals surface area contributed by atoms with E-state index in [0.29, 0.717) is 42.2 Å². The van der Waals surface area contributed by atoms with Crippen LogP contribution in [0.2, 0.25) is 0 Å². The summed E-state index contributed by atoms with van der Waals surface area (Å²) in [6.07, 6.45) is 3.24. The highest BCUT2D eigenvalue weighted by Gasteiger charge is 2.40. The summed E-state index contributed by atoms with van der Waals surface area (Å²) in [6, 6.07) is 13.8. The Hall–Kier alpha value is -4.05. The van der Waals surface area contributed by atoms with Crippen LogP contribution < -0.4 is 20.0 Å². The molecule has 0 unspecified atom stereocenters. The van der Waals surface area contributed by atoms with E-state index in [1.54, 1.807) is 18.5 Å². The number of likely N-dealkylation sites (N-methyl/N-ethyl adjacent to an activating group) is 1. The van der Waals surface area contributed by atoms with Crippen molar-refractivity contribution in [2.45, 2.75) is 0 Å². The van der Waals surface area contributed by atoms with E-state index in [4.69, 9.17) is 0 Å². The first-order valence-electron chi connectivity index (χ1n) is 11.4. The van der Waals surface area contributed by atoms with Crippen LogP contribution in [0, 0.1) is 0 Å². The van der Waals surface area contributed by atoms with Crippen molar-refractivity contribution < 1.29 is 4.79 Å². The largest absolute Gasteiger partial charge is 0.369 e. The standard InChI is InChI=1S/C24H25N9O/c1-30-12-14-31(15-13-30)18-7-5-17(6-8-18)28-23-27-16-19-21(29-23)32-11-10-26-24(32)33(22(19)34)20-4-2-3-9-25-20/h2-9,16H,10-15H2,1H3,(H,27,28,29). The minimum absolute atomic E-state index is 0.228. The number of nitrogens with one attached hydrogen (secondary N) is 1. The quantitative estimate of drug-likeness (QED) is 0.640. The van der Waals surface area contributed by atoms with Gasteiger partial charge in [0, 0.05) is 56.5 Å². The first kappa shape index (κ1) is 20.5. The number of piperazine rings is 1. The van der Waals surface area contributed by atoms with Gasteiger partial charge in [0.15, 0.2) is 5.82 Å². The number of nitrogens with zero attached hydrogens (tertiary/aromatic N) is 8. The van der Waals surface area contributed by atoms with E-state index in [-0.39, 0.29) is 5.91 Å². The molecule has 0 radical (unpaired) electrons. The monoisotopic (exact) mass is 455 g/mol. The molecule has 6 rings (SSSR count). The lowest BCUT2D eigenvalue weighted by Crippen LogP contribution is -2.51. The zero-order valence-corrected chi connectivity index (χ0v) is 18.9. The first-order valence-corrected chi connectivity index (χ1v) is 11.4. The van der Waals surface area contributed by atoms with Gasteiger partial charge in [-0.2, -0.15) is 4.98 Å². The van der Waals surface area contributed by atoms with Gasteiger partial charge < -0.3 is 15.1 Å². The maximum absolute atomic E-state index is 13.3. The molecule has 0 aliphatic carbocycles. The number of guanidine groups is 1. The van der Waals surface area contributed by atoms with Gasteiger partial charge in [-0.05, 0) is 43.4 Å². The molecule has 172 valence electrons. The van der Waals surface area contributed by atoms with E-state index < -0.39 is 0 Å². The number of fused-ring (bicyclic) bond motifs is 3. The molecule has 10 heteroatoms. The Labute approximate surface area is 197 Å². The molecular formula is C24H25N9O. The van der Waals surface area contributed by atoms with E-state index in [9.17, 15) is 4.79 Å². The fourth-order valence-electron chi connectivity index (χ4n) is 4.47. The molecule has 3 aromatic rings. The summed E-state index contributed by atoms with van der Waals surface area (Å²) in [7, 11) is 2.16. The number of hydrogen-bond donors (Lipinski definition) is 1. The van der Waals surface area contributed by atoms with Crippen molar-refractivity contribution in [3.63, 3.8) is 0 Å². The molecule has 1 N–H and O–H groups in total. The van der Waals surface area contributed by atoms with Crippen molar-refractivity contribution in [1.82, 2.24) is 19.9 Å². The SMILES string of the molecule is CN1CCN(c2ccc(Nc3ncc4c(n3)N3CCN=C3N(c3ccccn3)C4=O)cc2)CC1. The van der Waals surface area contributed by atoms with Crippen LogP contribution in [0.1, 0.15) is 10.4 Å². The number of aliphatic imine (C=N–C) groups is 1. The molecule has 2 aromatic heterocycles. The minimum atomic E-state index is -0.228. The Kier molecular flexibility index (Phi) is 5.06. The molecule has 1 aromatic carbocycles. The Bertz CT molecular complexity index is 1240. The summed E-state index contributed by atoms with van der Waals surface area (Å²) in [5, 5.41) is 3.28. The molecular weight excluding hydrogens is 430 g/mol. The second-order valence-electron chi connectivity index (χ2n) is 8.55. The summed E-state index contributed by atoms with van der Waals surface area (Å²) in [5.41, 5.74) is 2.54. The van der Waals surface area contributed by atoms with Crippen molar-refractivity contribution in [2.75, 3.05) is 66.3 Å². The van der Waals surface area contributed by atoms with Crippen LogP contribution in [-0.4, -0.2) is 78.0 Å². The summed E-state index contributed by atoms with van der Waals surface area (Å²) < 4.78 is 0. The van der Waals surface area contributed by atoms with Crippen LogP contribution in [0.5, 0.6) is 0 Å². The van der Waals surface area contributed by atoms with Crippen molar-refractivity contribution >= 4 is 40.8 Å². The van der Waals surface area contributed by atoms with Gasteiger partial charge in [-0.3, -0.25) is 14.7 Å². The third kappa shape index (κ3) is 3.61. The Balaban J connectivity index is 1.24. The van der Waals surface area contributed by atoms with Crippen LogP contribution in [0.4, 0.5) is 29.0 Å². The zero-order valence-electron chi connectivity index (χ0n) is 18.9. The third-order valence-electron chi connectivity index (χ3n) is 6.35. The van der Waals surface area contributed by atoms with Gasteiger partial charge >= 0.3 is 0 Å². The Morgan fingerprint density at radius 1 is 0.941 bits per heavy atom. The summed E-state index contributed by atoms with van der Waals surface area (Å²) in [4.78, 5) is 39.5. The number of anilines is 5. The maximum Gasteiger partial charge on any atom is 0.271 e. The molecule has 34 heavy (non-hydrogen) atoms. The van der Waals surface area contributed by atoms with E-state index in [0.717, 1.165) is 31.9 Å². The van der Waals surface area contributed by atoms with Gasteiger partial charge in [0.25, 0.3) is 5.91 Å². The number of carbonyl (C=O) groups is 1. The highest BCUT2D eigenvalue weighted by atomic mass is 16.2. The van der Waals surface area contributed by atoms with Crippen LogP contribution in [0.3, 0.4) is 0 Å². The van der Waals surface area contributed by atoms with Crippen LogP contribution >= 0.6 is 0 Å². The fraction of sp³-hybridized carbons (Fsp3) is 0.292. The molecule has 0 atom stereocenters. The molecule has 10 nitrogen and oxygen atoms in total. The van der Waals surface area contributed by atoms with Gasteiger partial charge in [0.1, 0.15) is 11.4 Å². The lowest BCUT2D eigenvalue weighted by molar-refractivity contribution is 0.0999. The predicted molar refractivity (Wildman–Crippen MR) is 132 cm³/mol. The van der Waals surface area contributed by atoms with E-state index >= 15 is 0 Å².